The molecule has 80 valence electrons. The summed E-state index contributed by atoms with van der Waals surface area (Å²) in [5.74, 6) is -0.226. The van der Waals surface area contributed by atoms with Gasteiger partial charge < -0.3 is 4.74 Å². The lowest BCUT2D eigenvalue weighted by molar-refractivity contribution is -0.141. The first kappa shape index (κ1) is 12.9. The summed E-state index contributed by atoms with van der Waals surface area (Å²) < 4.78 is 4.54. The van der Waals surface area contributed by atoms with Crippen LogP contribution in [0.2, 0.25) is 0 Å². The number of rotatable bonds is 6. The summed E-state index contributed by atoms with van der Waals surface area (Å²) in [5.41, 5.74) is 0. The lowest BCUT2D eigenvalue weighted by Crippen LogP contribution is -2.35. The van der Waals surface area contributed by atoms with Crippen LogP contribution < -0.4 is 0 Å². The van der Waals surface area contributed by atoms with Crippen molar-refractivity contribution in [1.29, 1.82) is 5.26 Å². The number of nitriles is 1. The second-order valence-corrected chi connectivity index (χ2v) is 3.01. The minimum atomic E-state index is -0.226. The first-order valence-corrected chi connectivity index (χ1v) is 4.90. The van der Waals surface area contributed by atoms with Crippen molar-refractivity contribution in [1.82, 2.24) is 4.90 Å². The van der Waals surface area contributed by atoms with Crippen molar-refractivity contribution in [3.8, 4) is 6.07 Å². The molecule has 0 spiro atoms. The third-order valence-electron chi connectivity index (χ3n) is 2.21. The molecule has 14 heavy (non-hydrogen) atoms. The maximum atomic E-state index is 10.9. The van der Waals surface area contributed by atoms with Gasteiger partial charge in [-0.15, -0.1) is 0 Å². The van der Waals surface area contributed by atoms with E-state index >= 15 is 0 Å². The van der Waals surface area contributed by atoms with Crippen molar-refractivity contribution in [3.05, 3.63) is 0 Å². The third-order valence-corrected chi connectivity index (χ3v) is 2.21. The van der Waals surface area contributed by atoms with Gasteiger partial charge in [0.1, 0.15) is 0 Å². The number of hydrogen-bond donors (Lipinski definition) is 0. The Balaban J connectivity index is 4.02. The number of carbonyl (C=O) groups excluding carboxylic acids is 1. The average Bonchev–Trinajstić information content (AvgIpc) is 2.23. The Kier molecular flexibility index (Phi) is 6.77. The van der Waals surface area contributed by atoms with Crippen LogP contribution in [0.1, 0.15) is 26.7 Å². The molecule has 0 saturated heterocycles. The molecule has 0 saturated carbocycles. The van der Waals surface area contributed by atoms with Gasteiger partial charge >= 0.3 is 5.97 Å². The van der Waals surface area contributed by atoms with Gasteiger partial charge in [-0.3, -0.25) is 9.69 Å². The molecule has 0 radical (unpaired) electrons. The van der Waals surface area contributed by atoms with Gasteiger partial charge in [-0.2, -0.15) is 5.26 Å². The predicted molar refractivity (Wildman–Crippen MR) is 53.6 cm³/mol. The van der Waals surface area contributed by atoms with E-state index in [4.69, 9.17) is 5.26 Å². The molecule has 4 nitrogen and oxygen atoms in total. The maximum Gasteiger partial charge on any atom is 0.306 e. The summed E-state index contributed by atoms with van der Waals surface area (Å²) in [6.07, 6.45) is 1.13. The topological polar surface area (TPSA) is 53.3 Å². The van der Waals surface area contributed by atoms with Gasteiger partial charge in [0, 0.05) is 6.54 Å². The van der Waals surface area contributed by atoms with E-state index in [0.717, 1.165) is 13.0 Å². The van der Waals surface area contributed by atoms with Crippen molar-refractivity contribution in [2.75, 3.05) is 20.2 Å². The van der Waals surface area contributed by atoms with Crippen molar-refractivity contribution in [3.63, 3.8) is 0 Å². The van der Waals surface area contributed by atoms with E-state index in [9.17, 15) is 4.79 Å². The zero-order chi connectivity index (χ0) is 11.0. The van der Waals surface area contributed by atoms with Crippen LogP contribution in [0.25, 0.3) is 0 Å². The van der Waals surface area contributed by atoms with Crippen LogP contribution in [0.5, 0.6) is 0 Å². The first-order chi connectivity index (χ1) is 6.69. The Labute approximate surface area is 85.5 Å². The van der Waals surface area contributed by atoms with Gasteiger partial charge in [0.05, 0.1) is 25.6 Å². The summed E-state index contributed by atoms with van der Waals surface area (Å²) in [7, 11) is 1.38. The second-order valence-electron chi connectivity index (χ2n) is 3.01. The fourth-order valence-electron chi connectivity index (χ4n) is 1.30. The van der Waals surface area contributed by atoms with Gasteiger partial charge in [-0.25, -0.2) is 0 Å². The predicted octanol–water partition coefficient (Wildman–Crippen LogP) is 1.17. The first-order valence-electron chi connectivity index (χ1n) is 4.90. The SMILES string of the molecule is CCC(C#N)N(CC)CCC(=O)OC. The molecule has 0 aromatic carbocycles. The van der Waals surface area contributed by atoms with Crippen molar-refractivity contribution < 1.29 is 9.53 Å². The number of carbonyl (C=O) groups is 1. The van der Waals surface area contributed by atoms with Crippen molar-refractivity contribution in [2.45, 2.75) is 32.7 Å². The molecule has 0 fully saturated rings. The number of nitrogens with zero attached hydrogens (tertiary/aromatic N) is 2. The fourth-order valence-corrected chi connectivity index (χ4v) is 1.30. The molecule has 0 aliphatic rings. The summed E-state index contributed by atoms with van der Waals surface area (Å²) >= 11 is 0. The highest BCUT2D eigenvalue weighted by Crippen LogP contribution is 2.04. The van der Waals surface area contributed by atoms with Crippen LogP contribution >= 0.6 is 0 Å². The quantitative estimate of drug-likeness (QED) is 0.601. The lowest BCUT2D eigenvalue weighted by Gasteiger charge is -2.23. The number of methoxy groups -OCH3 is 1. The van der Waals surface area contributed by atoms with E-state index in [0.29, 0.717) is 13.0 Å². The summed E-state index contributed by atoms with van der Waals surface area (Å²) in [5, 5.41) is 8.84. The Hall–Kier alpha value is -1.08. The molecule has 1 atom stereocenters. The lowest BCUT2D eigenvalue weighted by atomic mass is 10.2. The molecule has 0 heterocycles. The molecular weight excluding hydrogens is 180 g/mol. The molecule has 4 heteroatoms. The highest BCUT2D eigenvalue weighted by atomic mass is 16.5. The summed E-state index contributed by atoms with van der Waals surface area (Å²) in [6, 6.07) is 2.13. The summed E-state index contributed by atoms with van der Waals surface area (Å²) in [6.45, 7) is 5.32. The Morgan fingerprint density at radius 3 is 2.57 bits per heavy atom. The molecule has 0 aromatic heterocycles. The Bertz CT molecular complexity index is 211. The molecule has 0 aromatic rings. The number of ether oxygens (including phenoxy) is 1. The molecule has 0 amide bonds. The van der Waals surface area contributed by atoms with E-state index in [2.05, 4.69) is 10.8 Å². The minimum Gasteiger partial charge on any atom is -0.469 e. The van der Waals surface area contributed by atoms with Gasteiger partial charge in [0.25, 0.3) is 0 Å². The van der Waals surface area contributed by atoms with E-state index in [1.54, 1.807) is 0 Å². The molecule has 0 aliphatic carbocycles. The number of esters is 1. The minimum absolute atomic E-state index is 0.0929. The zero-order valence-corrected chi connectivity index (χ0v) is 9.12. The number of hydrogen-bond acceptors (Lipinski definition) is 4. The van der Waals surface area contributed by atoms with E-state index in [1.807, 2.05) is 18.7 Å². The van der Waals surface area contributed by atoms with Gasteiger partial charge in [0.15, 0.2) is 0 Å². The van der Waals surface area contributed by atoms with Gasteiger partial charge in [-0.05, 0) is 13.0 Å². The van der Waals surface area contributed by atoms with E-state index in [1.165, 1.54) is 7.11 Å². The molecule has 1 unspecified atom stereocenters. The van der Waals surface area contributed by atoms with Gasteiger partial charge in [-0.1, -0.05) is 13.8 Å². The van der Waals surface area contributed by atoms with E-state index < -0.39 is 0 Å². The maximum absolute atomic E-state index is 10.9. The smallest absolute Gasteiger partial charge is 0.306 e. The van der Waals surface area contributed by atoms with Crippen molar-refractivity contribution in [2.24, 2.45) is 0 Å². The van der Waals surface area contributed by atoms with Crippen LogP contribution in [0.15, 0.2) is 0 Å². The second kappa shape index (κ2) is 7.34. The largest absolute Gasteiger partial charge is 0.469 e. The molecule has 0 bridgehead atoms. The summed E-state index contributed by atoms with van der Waals surface area (Å²) in [4.78, 5) is 12.9. The molecular formula is C10H18N2O2. The van der Waals surface area contributed by atoms with Crippen LogP contribution in [-0.2, 0) is 9.53 Å². The monoisotopic (exact) mass is 198 g/mol. The van der Waals surface area contributed by atoms with E-state index in [-0.39, 0.29) is 12.0 Å². The molecule has 0 aliphatic heterocycles. The molecule has 0 rings (SSSR count). The zero-order valence-electron chi connectivity index (χ0n) is 9.12. The highest BCUT2D eigenvalue weighted by Gasteiger charge is 2.15. The van der Waals surface area contributed by atoms with Crippen LogP contribution in [0.3, 0.4) is 0 Å². The fraction of sp³-hybridized carbons (Fsp3) is 0.800. The molecule has 0 N–H and O–H groups in total. The Morgan fingerprint density at radius 1 is 1.57 bits per heavy atom. The van der Waals surface area contributed by atoms with Gasteiger partial charge in [0.2, 0.25) is 0 Å². The third kappa shape index (κ3) is 4.24. The normalized spacial score (nSPS) is 12.2. The standard InChI is InChI=1S/C10H18N2O2/c1-4-9(8-11)12(5-2)7-6-10(13)14-3/h9H,4-7H2,1-3H3. The van der Waals surface area contributed by atoms with Crippen LogP contribution in [-0.4, -0.2) is 37.1 Å². The highest BCUT2D eigenvalue weighted by molar-refractivity contribution is 5.69. The van der Waals surface area contributed by atoms with Crippen LogP contribution in [0, 0.1) is 11.3 Å². The van der Waals surface area contributed by atoms with Crippen LogP contribution in [0.4, 0.5) is 0 Å². The average molecular weight is 198 g/mol. The van der Waals surface area contributed by atoms with Crippen molar-refractivity contribution >= 4 is 5.97 Å². The Morgan fingerprint density at radius 2 is 2.21 bits per heavy atom.